The summed E-state index contributed by atoms with van der Waals surface area (Å²) in [5.74, 6) is -2.76. The van der Waals surface area contributed by atoms with Gasteiger partial charge in [0.05, 0.1) is 11.1 Å². The molecule has 0 radical (unpaired) electrons. The van der Waals surface area contributed by atoms with Crippen molar-refractivity contribution >= 4 is 70.9 Å². The summed E-state index contributed by atoms with van der Waals surface area (Å²) in [4.78, 5) is 37.4. The summed E-state index contributed by atoms with van der Waals surface area (Å²) in [6.45, 7) is 0. The number of rotatable bonds is 2. The van der Waals surface area contributed by atoms with Gasteiger partial charge in [-0.2, -0.15) is 8.42 Å². The highest BCUT2D eigenvalue weighted by molar-refractivity contribution is 7.86. The Kier molecular flexibility index (Phi) is 3.17. The van der Waals surface area contributed by atoms with Crippen molar-refractivity contribution in [2.24, 2.45) is 0 Å². The van der Waals surface area contributed by atoms with Gasteiger partial charge in [-0.1, -0.05) is 0 Å². The Labute approximate surface area is 188 Å². The van der Waals surface area contributed by atoms with Gasteiger partial charge < -0.3 is 14.9 Å². The van der Waals surface area contributed by atoms with Gasteiger partial charge >= 0.3 is 11.9 Å². The van der Waals surface area contributed by atoms with Gasteiger partial charge in [0.2, 0.25) is 0 Å². The number of carbonyl (C=O) groups excluding carboxylic acids is 2. The Balaban J connectivity index is 1.92. The van der Waals surface area contributed by atoms with Gasteiger partial charge in [-0.25, -0.2) is 9.59 Å². The van der Waals surface area contributed by atoms with Crippen LogP contribution < -0.4 is 4.74 Å². The predicted octanol–water partition coefficient (Wildman–Crippen LogP) is 3.66. The number of phenolic OH excluding ortho intramolecular Hbond substituents is 1. The van der Waals surface area contributed by atoms with Crippen molar-refractivity contribution in [3.05, 3.63) is 52.6 Å². The van der Waals surface area contributed by atoms with Crippen LogP contribution in [0.3, 0.4) is 0 Å². The van der Waals surface area contributed by atoms with Gasteiger partial charge in [0.25, 0.3) is 10.1 Å². The molecule has 0 saturated heterocycles. The number of aromatic carboxylic acids is 1. The highest BCUT2D eigenvalue weighted by Gasteiger charge is 2.38. The molecule has 9 nitrogen and oxygen atoms in total. The smallest absolute Gasteiger partial charge is 0.345 e. The molecule has 1 heterocycles. The van der Waals surface area contributed by atoms with Crippen LogP contribution in [-0.4, -0.2) is 40.9 Å². The standard InChI is InChI=1S/C24H10O9S/c25-9-1-7-2-11-15(34(30,31)32)4-8-3-13(23(27)28)20-21-17(8)18(11)19-12(22(21)33-24(20)29)6-14(26)10(5-9)16(7)19/h1-5,25H,6H2,(H,27,28)(H,30,31,32). The van der Waals surface area contributed by atoms with Gasteiger partial charge in [0.1, 0.15) is 16.4 Å². The summed E-state index contributed by atoms with van der Waals surface area (Å²) in [7, 11) is -4.77. The van der Waals surface area contributed by atoms with E-state index < -0.39 is 27.0 Å². The Morgan fingerprint density at radius 1 is 0.912 bits per heavy atom. The molecule has 0 bridgehead atoms. The summed E-state index contributed by atoms with van der Waals surface area (Å²) in [6.07, 6.45) is -0.207. The minimum atomic E-state index is -4.77. The molecule has 0 amide bonds. The van der Waals surface area contributed by atoms with Crippen LogP contribution in [0.15, 0.2) is 35.2 Å². The molecule has 0 aromatic heterocycles. The van der Waals surface area contributed by atoms with Crippen molar-refractivity contribution in [2.75, 3.05) is 0 Å². The van der Waals surface area contributed by atoms with Crippen LogP contribution in [0.25, 0.3) is 43.1 Å². The van der Waals surface area contributed by atoms with E-state index in [9.17, 15) is 37.6 Å². The lowest BCUT2D eigenvalue weighted by atomic mass is 9.79. The van der Waals surface area contributed by atoms with Crippen LogP contribution in [0.1, 0.15) is 36.6 Å². The number of hydrogen-bond donors (Lipinski definition) is 3. The van der Waals surface area contributed by atoms with E-state index in [1.54, 1.807) is 0 Å². The SMILES string of the molecule is O=C(O)c1cc2cc(S(=O)(=O)O)c3cc4cc(O)cc5c4c4c(c6c(c1C(=O)O6)c2c34)CC5=O. The van der Waals surface area contributed by atoms with Gasteiger partial charge in [0, 0.05) is 39.1 Å². The molecule has 10 heteroatoms. The van der Waals surface area contributed by atoms with E-state index in [1.807, 2.05) is 0 Å². The Hall–Kier alpha value is -4.28. The Morgan fingerprint density at radius 2 is 1.65 bits per heavy atom. The summed E-state index contributed by atoms with van der Waals surface area (Å²) >= 11 is 0. The number of Topliss-reactive ketones (excluding diaryl/α,β-unsaturated/α-hetero) is 1. The van der Waals surface area contributed by atoms with Crippen molar-refractivity contribution in [1.29, 1.82) is 0 Å². The summed E-state index contributed by atoms with van der Waals surface area (Å²) in [5.41, 5.74) is 0.0188. The third-order valence-corrected chi connectivity index (χ3v) is 7.62. The predicted molar refractivity (Wildman–Crippen MR) is 119 cm³/mol. The molecule has 34 heavy (non-hydrogen) atoms. The zero-order valence-corrected chi connectivity index (χ0v) is 17.6. The molecule has 0 spiro atoms. The van der Waals surface area contributed by atoms with Crippen LogP contribution in [-0.2, 0) is 16.5 Å². The first-order chi connectivity index (χ1) is 16.1. The maximum Gasteiger partial charge on any atom is 0.345 e. The molecule has 1 aliphatic heterocycles. The highest BCUT2D eigenvalue weighted by Crippen LogP contribution is 2.53. The molecule has 166 valence electrons. The minimum Gasteiger partial charge on any atom is -0.508 e. The molecule has 0 unspecified atom stereocenters. The number of carboxylic acid groups (broad SMARTS) is 1. The average molecular weight is 474 g/mol. The lowest BCUT2D eigenvalue weighted by Crippen LogP contribution is -2.12. The van der Waals surface area contributed by atoms with E-state index in [1.165, 1.54) is 24.3 Å². The molecular weight excluding hydrogens is 464 g/mol. The molecule has 0 saturated carbocycles. The largest absolute Gasteiger partial charge is 0.508 e. The number of phenols is 1. The lowest BCUT2D eigenvalue weighted by Gasteiger charge is -2.23. The monoisotopic (exact) mass is 474 g/mol. The Morgan fingerprint density at radius 3 is 2.35 bits per heavy atom. The second-order valence-corrected chi connectivity index (χ2v) is 9.88. The Bertz CT molecular complexity index is 2000. The third kappa shape index (κ3) is 2.07. The number of ketones is 1. The lowest BCUT2D eigenvalue weighted by molar-refractivity contribution is 0.0675. The van der Waals surface area contributed by atoms with E-state index >= 15 is 0 Å². The number of fused-ring (bicyclic) bond motifs is 1. The van der Waals surface area contributed by atoms with Gasteiger partial charge in [-0.15, -0.1) is 0 Å². The van der Waals surface area contributed by atoms with Crippen molar-refractivity contribution in [2.45, 2.75) is 11.3 Å². The van der Waals surface area contributed by atoms with Gasteiger partial charge in [-0.3, -0.25) is 9.35 Å². The van der Waals surface area contributed by atoms with Crippen LogP contribution in [0.2, 0.25) is 0 Å². The first kappa shape index (κ1) is 19.2. The minimum absolute atomic E-state index is 0.0704. The van der Waals surface area contributed by atoms with E-state index in [2.05, 4.69) is 0 Å². The number of aromatic hydroxyl groups is 1. The number of benzene rings is 5. The van der Waals surface area contributed by atoms with Crippen LogP contribution >= 0.6 is 0 Å². The zero-order chi connectivity index (χ0) is 23.8. The fraction of sp³-hybridized carbons (Fsp3) is 0.0417. The molecule has 7 rings (SSSR count). The molecule has 5 aromatic carbocycles. The quantitative estimate of drug-likeness (QED) is 0.114. The van der Waals surface area contributed by atoms with Gasteiger partial charge in [-0.05, 0) is 51.9 Å². The number of carboxylic acids is 1. The first-order valence-electron chi connectivity index (χ1n) is 10.0. The first-order valence-corrected chi connectivity index (χ1v) is 11.5. The van der Waals surface area contributed by atoms with Crippen molar-refractivity contribution < 1.29 is 42.3 Å². The third-order valence-electron chi connectivity index (χ3n) is 6.73. The molecule has 0 fully saturated rings. The number of hydrogen-bond acceptors (Lipinski definition) is 7. The maximum absolute atomic E-state index is 13.0. The summed E-state index contributed by atoms with van der Waals surface area (Å²) in [5, 5.41) is 22.5. The molecular formula is C24H10O9S. The van der Waals surface area contributed by atoms with Crippen molar-refractivity contribution in [1.82, 2.24) is 0 Å². The van der Waals surface area contributed by atoms with Crippen molar-refractivity contribution in [3.63, 3.8) is 0 Å². The molecule has 5 aromatic rings. The summed E-state index contributed by atoms with van der Waals surface area (Å²) in [6, 6.07) is 6.50. The molecule has 2 aliphatic rings. The fourth-order valence-corrected chi connectivity index (χ4v) is 6.29. The number of esters is 1. The number of ether oxygens (including phenoxy) is 1. The van der Waals surface area contributed by atoms with Crippen molar-refractivity contribution in [3.8, 4) is 11.5 Å². The van der Waals surface area contributed by atoms with Crippen LogP contribution in [0.5, 0.6) is 11.5 Å². The van der Waals surface area contributed by atoms with E-state index in [4.69, 9.17) is 4.74 Å². The highest BCUT2D eigenvalue weighted by atomic mass is 32.2. The van der Waals surface area contributed by atoms with E-state index in [-0.39, 0.29) is 56.6 Å². The molecule has 1 aliphatic carbocycles. The van der Waals surface area contributed by atoms with E-state index in [0.29, 0.717) is 32.5 Å². The zero-order valence-electron chi connectivity index (χ0n) is 16.8. The van der Waals surface area contributed by atoms with Gasteiger partial charge in [0.15, 0.2) is 5.78 Å². The normalized spacial score (nSPS) is 14.9. The molecule has 0 atom stereocenters. The van der Waals surface area contributed by atoms with E-state index in [0.717, 1.165) is 6.07 Å². The second-order valence-electron chi connectivity index (χ2n) is 8.49. The van der Waals surface area contributed by atoms with Crippen LogP contribution in [0.4, 0.5) is 0 Å². The number of carbonyl (C=O) groups is 3. The molecule has 3 N–H and O–H groups in total. The fourth-order valence-electron chi connectivity index (χ4n) is 5.58. The average Bonchev–Trinajstić information content (AvgIpc) is 3.10. The topological polar surface area (TPSA) is 155 Å². The van der Waals surface area contributed by atoms with Crippen LogP contribution in [0, 0.1) is 0 Å². The maximum atomic E-state index is 13.0. The second kappa shape index (κ2) is 5.61. The summed E-state index contributed by atoms with van der Waals surface area (Å²) < 4.78 is 40.3.